The summed E-state index contributed by atoms with van der Waals surface area (Å²) in [5.41, 5.74) is 2.56. The van der Waals surface area contributed by atoms with Crippen molar-refractivity contribution >= 4 is 46.1 Å². The summed E-state index contributed by atoms with van der Waals surface area (Å²) in [6, 6.07) is 14.4. The summed E-state index contributed by atoms with van der Waals surface area (Å²) in [6.45, 7) is 14.0. The van der Waals surface area contributed by atoms with Gasteiger partial charge < -0.3 is 10.2 Å². The van der Waals surface area contributed by atoms with Gasteiger partial charge in [-0.1, -0.05) is 50.6 Å². The Labute approximate surface area is 262 Å². The molecule has 11 nitrogen and oxygen atoms in total. The SMILES string of the molecule is [C-]#[N+]c1cc(-n2nc(C)c(C#N)c2N=Nc2ccc(N(CCC#N)CCCCCCCC)cc2NC(C)=O)c(Cl)cc1C#N. The number of halogens is 1. The summed E-state index contributed by atoms with van der Waals surface area (Å²) in [6.07, 6.45) is 7.25. The highest BCUT2D eigenvalue weighted by Gasteiger charge is 2.20. The van der Waals surface area contributed by atoms with Gasteiger partial charge in [0.2, 0.25) is 11.6 Å². The number of nitriles is 3. The molecule has 44 heavy (non-hydrogen) atoms. The molecule has 12 heteroatoms. The minimum Gasteiger partial charge on any atom is -0.370 e. The molecular formula is C32H33ClN10O. The minimum atomic E-state index is -0.298. The molecule has 0 aliphatic heterocycles. The molecule has 1 N–H and O–H groups in total. The summed E-state index contributed by atoms with van der Waals surface area (Å²) in [7, 11) is 0. The van der Waals surface area contributed by atoms with Crippen LogP contribution in [0.4, 0.5) is 28.6 Å². The quantitative estimate of drug-likeness (QED) is 0.110. The highest BCUT2D eigenvalue weighted by molar-refractivity contribution is 6.32. The molecule has 1 aromatic heterocycles. The smallest absolute Gasteiger partial charge is 0.221 e. The average molecular weight is 609 g/mol. The number of carbonyl (C=O) groups excluding carboxylic acids is 1. The Balaban J connectivity index is 2.02. The van der Waals surface area contributed by atoms with Crippen molar-refractivity contribution in [2.75, 3.05) is 23.3 Å². The van der Waals surface area contributed by atoms with Crippen LogP contribution in [0.15, 0.2) is 40.6 Å². The Morgan fingerprint density at radius 3 is 2.50 bits per heavy atom. The number of aromatic nitrogens is 2. The zero-order valence-electron chi connectivity index (χ0n) is 25.1. The molecule has 0 bridgehead atoms. The summed E-state index contributed by atoms with van der Waals surface area (Å²) in [4.78, 5) is 17.7. The Bertz CT molecular complexity index is 1700. The minimum absolute atomic E-state index is 0.0732. The van der Waals surface area contributed by atoms with Crippen LogP contribution in [0.1, 0.15) is 75.6 Å². The number of nitrogens with one attached hydrogen (secondary N) is 1. The number of amides is 1. The van der Waals surface area contributed by atoms with Gasteiger partial charge in [-0.25, -0.2) is 9.53 Å². The maximum atomic E-state index is 12.1. The maximum absolute atomic E-state index is 12.1. The lowest BCUT2D eigenvalue weighted by atomic mass is 10.1. The van der Waals surface area contributed by atoms with Gasteiger partial charge in [0.05, 0.1) is 52.8 Å². The highest BCUT2D eigenvalue weighted by atomic mass is 35.5. The second-order valence-corrected chi connectivity index (χ2v) is 10.5. The zero-order valence-corrected chi connectivity index (χ0v) is 25.8. The van der Waals surface area contributed by atoms with E-state index in [2.05, 4.69) is 49.5 Å². The van der Waals surface area contributed by atoms with E-state index in [1.54, 1.807) is 19.1 Å². The normalized spacial score (nSPS) is 10.5. The second kappa shape index (κ2) is 16.4. The molecule has 1 amide bonds. The van der Waals surface area contributed by atoms with E-state index < -0.39 is 0 Å². The number of unbranched alkanes of at least 4 members (excludes halogenated alkanes) is 5. The van der Waals surface area contributed by atoms with Gasteiger partial charge in [0.25, 0.3) is 0 Å². The first-order valence-electron chi connectivity index (χ1n) is 14.3. The molecule has 0 unspecified atom stereocenters. The molecule has 2 aromatic carbocycles. The lowest BCUT2D eigenvalue weighted by molar-refractivity contribution is -0.114. The molecule has 1 heterocycles. The van der Waals surface area contributed by atoms with Gasteiger partial charge in [-0.3, -0.25) is 4.79 Å². The lowest BCUT2D eigenvalue weighted by Crippen LogP contribution is -2.25. The molecule has 224 valence electrons. The number of benzene rings is 2. The van der Waals surface area contributed by atoms with Crippen LogP contribution in [0.3, 0.4) is 0 Å². The number of rotatable bonds is 14. The van der Waals surface area contributed by atoms with Crippen LogP contribution >= 0.6 is 11.6 Å². The van der Waals surface area contributed by atoms with Crippen molar-refractivity contribution in [2.45, 2.75) is 65.7 Å². The third-order valence-corrected chi connectivity index (χ3v) is 7.17. The summed E-state index contributed by atoms with van der Waals surface area (Å²) in [5.74, 6) is -0.225. The van der Waals surface area contributed by atoms with Crippen molar-refractivity contribution in [1.29, 1.82) is 15.8 Å². The van der Waals surface area contributed by atoms with Gasteiger partial charge in [0, 0.05) is 25.7 Å². The van der Waals surface area contributed by atoms with E-state index in [4.69, 9.17) is 18.2 Å². The van der Waals surface area contributed by atoms with Gasteiger partial charge in [-0.2, -0.15) is 20.9 Å². The van der Waals surface area contributed by atoms with E-state index in [1.165, 1.54) is 49.4 Å². The van der Waals surface area contributed by atoms with Crippen molar-refractivity contribution in [3.05, 3.63) is 63.6 Å². The van der Waals surface area contributed by atoms with Gasteiger partial charge in [-0.15, -0.1) is 10.2 Å². The first-order chi connectivity index (χ1) is 21.3. The molecule has 0 saturated heterocycles. The Morgan fingerprint density at radius 1 is 1.09 bits per heavy atom. The van der Waals surface area contributed by atoms with Crippen molar-refractivity contribution in [2.24, 2.45) is 10.2 Å². The number of hydrogen-bond acceptors (Lipinski definition) is 8. The van der Waals surface area contributed by atoms with Crippen LogP contribution in [0.5, 0.6) is 0 Å². The lowest BCUT2D eigenvalue weighted by Gasteiger charge is -2.25. The third kappa shape index (κ3) is 8.42. The van der Waals surface area contributed by atoms with Crippen molar-refractivity contribution in [1.82, 2.24) is 9.78 Å². The first kappa shape index (κ1) is 33.3. The topological polar surface area (TPSA) is 151 Å². The first-order valence-corrected chi connectivity index (χ1v) is 14.7. The number of aryl methyl sites for hydroxylation is 1. The number of carbonyl (C=O) groups is 1. The highest BCUT2D eigenvalue weighted by Crippen LogP contribution is 2.36. The Kier molecular flexibility index (Phi) is 12.4. The predicted molar refractivity (Wildman–Crippen MR) is 170 cm³/mol. The van der Waals surface area contributed by atoms with Gasteiger partial charge in [-0.05, 0) is 43.7 Å². The van der Waals surface area contributed by atoms with Gasteiger partial charge >= 0.3 is 0 Å². The standard InChI is InChI=1S/C32H33ClN10O/c1-5-6-7-8-9-10-15-42(16-11-14-34)25-12-13-28(30(18-25)38-23(3)44)39-40-32-26(21-36)22(2)41-43(32)31-19-29(37-4)24(20-35)17-27(31)33/h12-13,17-19H,5-11,15-16H2,1-3H3,(H,38,44). The summed E-state index contributed by atoms with van der Waals surface area (Å²) in [5, 5.41) is 44.5. The number of nitrogens with zero attached hydrogens (tertiary/aromatic N) is 9. The molecule has 0 aliphatic rings. The van der Waals surface area contributed by atoms with Crippen LogP contribution < -0.4 is 10.2 Å². The van der Waals surface area contributed by atoms with Gasteiger partial charge in [0.15, 0.2) is 5.82 Å². The van der Waals surface area contributed by atoms with Crippen LogP contribution in [-0.4, -0.2) is 28.8 Å². The third-order valence-electron chi connectivity index (χ3n) is 6.87. The maximum Gasteiger partial charge on any atom is 0.221 e. The molecular weight excluding hydrogens is 576 g/mol. The monoisotopic (exact) mass is 608 g/mol. The van der Waals surface area contributed by atoms with E-state index in [0.717, 1.165) is 25.1 Å². The van der Waals surface area contributed by atoms with E-state index in [9.17, 15) is 20.6 Å². The van der Waals surface area contributed by atoms with E-state index in [1.807, 2.05) is 12.1 Å². The van der Waals surface area contributed by atoms with E-state index >= 15 is 0 Å². The fraction of sp³-hybridized carbons (Fsp3) is 0.375. The van der Waals surface area contributed by atoms with Crippen molar-refractivity contribution < 1.29 is 4.79 Å². The average Bonchev–Trinajstić information content (AvgIpc) is 3.33. The molecule has 0 radical (unpaired) electrons. The van der Waals surface area contributed by atoms with Gasteiger partial charge in [0.1, 0.15) is 17.3 Å². The summed E-state index contributed by atoms with van der Waals surface area (Å²) >= 11 is 6.46. The van der Waals surface area contributed by atoms with Crippen LogP contribution in [0, 0.1) is 47.5 Å². The molecule has 0 aliphatic carbocycles. The summed E-state index contributed by atoms with van der Waals surface area (Å²) < 4.78 is 1.31. The largest absolute Gasteiger partial charge is 0.370 e. The number of anilines is 2. The predicted octanol–water partition coefficient (Wildman–Crippen LogP) is 8.58. The molecule has 0 saturated carbocycles. The van der Waals surface area contributed by atoms with Crippen LogP contribution in [0.25, 0.3) is 10.5 Å². The zero-order chi connectivity index (χ0) is 32.1. The van der Waals surface area contributed by atoms with Crippen molar-refractivity contribution in [3.8, 4) is 23.9 Å². The molecule has 3 rings (SSSR count). The molecule has 0 fully saturated rings. The van der Waals surface area contributed by atoms with Crippen molar-refractivity contribution in [3.63, 3.8) is 0 Å². The molecule has 0 atom stereocenters. The Hall–Kier alpha value is -5.23. The van der Waals surface area contributed by atoms with Crippen LogP contribution in [0.2, 0.25) is 5.02 Å². The second-order valence-electron chi connectivity index (χ2n) is 10.1. The fourth-order valence-electron chi connectivity index (χ4n) is 4.64. The number of hydrogen-bond donors (Lipinski definition) is 1. The fourth-order valence-corrected chi connectivity index (χ4v) is 4.88. The van der Waals surface area contributed by atoms with E-state index in [0.29, 0.717) is 30.0 Å². The Morgan fingerprint density at radius 2 is 1.84 bits per heavy atom. The van der Waals surface area contributed by atoms with Crippen LogP contribution in [-0.2, 0) is 4.79 Å². The molecule has 0 spiro atoms. The number of azo groups is 1. The molecule has 3 aromatic rings. The van der Waals surface area contributed by atoms with E-state index in [-0.39, 0.29) is 39.2 Å².